The number of hydrogen-bond acceptors (Lipinski definition) is 5. The second-order valence-corrected chi connectivity index (χ2v) is 6.36. The molecule has 0 unspecified atom stereocenters. The predicted molar refractivity (Wildman–Crippen MR) is 88.9 cm³/mol. The first kappa shape index (κ1) is 15.0. The normalized spacial score (nSPS) is 10.9. The Balaban J connectivity index is 2.15. The van der Waals surface area contributed by atoms with Gasteiger partial charge in [-0.2, -0.15) is 0 Å². The van der Waals surface area contributed by atoms with Crippen molar-refractivity contribution in [1.29, 1.82) is 0 Å². The highest BCUT2D eigenvalue weighted by Gasteiger charge is 2.19. The van der Waals surface area contributed by atoms with Gasteiger partial charge in [0.1, 0.15) is 21.9 Å². The first-order valence-electron chi connectivity index (χ1n) is 6.17. The summed E-state index contributed by atoms with van der Waals surface area (Å²) in [6.07, 6.45) is 1.38. The summed E-state index contributed by atoms with van der Waals surface area (Å²) in [6, 6.07) is 5.04. The van der Waals surface area contributed by atoms with Crippen LogP contribution in [0.2, 0.25) is 10.0 Å². The monoisotopic (exact) mass is 353 g/mol. The number of nitrogens with one attached hydrogen (secondary N) is 1. The zero-order valence-corrected chi connectivity index (χ0v) is 13.6. The van der Waals surface area contributed by atoms with E-state index >= 15 is 0 Å². The highest BCUT2D eigenvalue weighted by Crippen LogP contribution is 2.36. The second-order valence-electron chi connectivity index (χ2n) is 4.51. The SMILES string of the molecule is Cc1c(C(=O)O)sc2ncnc(Nc3cc(Cl)ccc3Cl)c12. The molecule has 22 heavy (non-hydrogen) atoms. The van der Waals surface area contributed by atoms with Crippen molar-refractivity contribution >= 4 is 62.2 Å². The summed E-state index contributed by atoms with van der Waals surface area (Å²) in [5.74, 6) is -0.484. The van der Waals surface area contributed by atoms with E-state index in [1.54, 1.807) is 25.1 Å². The van der Waals surface area contributed by atoms with Crippen LogP contribution in [0.4, 0.5) is 11.5 Å². The lowest BCUT2D eigenvalue weighted by Gasteiger charge is -2.09. The number of fused-ring (bicyclic) bond motifs is 1. The standard InChI is InChI=1S/C14H9Cl2N3O2S/c1-6-10-12(19-9-4-7(15)2-3-8(9)16)17-5-18-13(10)22-11(6)14(20)21/h2-5H,1H3,(H,20,21)(H,17,18,19). The van der Waals surface area contributed by atoms with Crippen molar-refractivity contribution in [3.05, 3.63) is 45.0 Å². The Bertz CT molecular complexity index is 895. The van der Waals surface area contributed by atoms with Crippen LogP contribution in [0.1, 0.15) is 15.2 Å². The second kappa shape index (κ2) is 5.72. The maximum Gasteiger partial charge on any atom is 0.346 e. The maximum absolute atomic E-state index is 11.3. The number of aromatic nitrogens is 2. The Morgan fingerprint density at radius 1 is 1.32 bits per heavy atom. The van der Waals surface area contributed by atoms with Crippen LogP contribution in [0.5, 0.6) is 0 Å². The zero-order valence-electron chi connectivity index (χ0n) is 11.2. The first-order valence-corrected chi connectivity index (χ1v) is 7.74. The topological polar surface area (TPSA) is 75.1 Å². The average Bonchev–Trinajstić information content (AvgIpc) is 2.81. The van der Waals surface area contributed by atoms with Gasteiger partial charge < -0.3 is 10.4 Å². The molecule has 3 rings (SSSR count). The molecule has 0 saturated carbocycles. The number of carbonyl (C=O) groups is 1. The van der Waals surface area contributed by atoms with Gasteiger partial charge in [-0.25, -0.2) is 14.8 Å². The average molecular weight is 354 g/mol. The van der Waals surface area contributed by atoms with Gasteiger partial charge in [0, 0.05) is 5.02 Å². The molecule has 0 aliphatic heterocycles. The lowest BCUT2D eigenvalue weighted by molar-refractivity contribution is 0.0701. The molecule has 2 heterocycles. The minimum absolute atomic E-state index is 0.246. The largest absolute Gasteiger partial charge is 0.477 e. The Labute approximate surface area is 139 Å². The number of aryl methyl sites for hydroxylation is 1. The highest BCUT2D eigenvalue weighted by molar-refractivity contribution is 7.20. The van der Waals surface area contributed by atoms with E-state index in [4.69, 9.17) is 23.2 Å². The van der Waals surface area contributed by atoms with E-state index in [1.807, 2.05) is 0 Å². The minimum atomic E-state index is -0.979. The van der Waals surface area contributed by atoms with Gasteiger partial charge in [0.25, 0.3) is 0 Å². The maximum atomic E-state index is 11.3. The molecule has 0 radical (unpaired) electrons. The third-order valence-electron chi connectivity index (χ3n) is 3.10. The molecule has 0 bridgehead atoms. The van der Waals surface area contributed by atoms with Crippen LogP contribution in [0, 0.1) is 6.92 Å². The van der Waals surface area contributed by atoms with E-state index in [0.717, 1.165) is 11.3 Å². The fourth-order valence-electron chi connectivity index (χ4n) is 2.09. The highest BCUT2D eigenvalue weighted by atomic mass is 35.5. The molecule has 0 aliphatic carbocycles. The first-order chi connectivity index (χ1) is 10.5. The van der Waals surface area contributed by atoms with Crippen molar-refractivity contribution < 1.29 is 9.90 Å². The van der Waals surface area contributed by atoms with Gasteiger partial charge in [0.2, 0.25) is 0 Å². The van der Waals surface area contributed by atoms with E-state index in [9.17, 15) is 9.90 Å². The number of halogens is 2. The van der Waals surface area contributed by atoms with E-state index in [2.05, 4.69) is 15.3 Å². The van der Waals surface area contributed by atoms with E-state index in [0.29, 0.717) is 37.3 Å². The van der Waals surface area contributed by atoms with Crippen molar-refractivity contribution in [3.63, 3.8) is 0 Å². The van der Waals surface area contributed by atoms with Crippen LogP contribution in [0.3, 0.4) is 0 Å². The number of carboxylic acids is 1. The van der Waals surface area contributed by atoms with Crippen LogP contribution in [0.25, 0.3) is 10.2 Å². The number of rotatable bonds is 3. The van der Waals surface area contributed by atoms with Crippen molar-refractivity contribution in [2.45, 2.75) is 6.92 Å². The number of benzene rings is 1. The summed E-state index contributed by atoms with van der Waals surface area (Å²) < 4.78 is 0. The molecular weight excluding hydrogens is 345 g/mol. The minimum Gasteiger partial charge on any atom is -0.477 e. The Morgan fingerprint density at radius 2 is 2.09 bits per heavy atom. The van der Waals surface area contributed by atoms with Gasteiger partial charge in [0.15, 0.2) is 0 Å². The molecule has 1 aromatic carbocycles. The summed E-state index contributed by atoms with van der Waals surface area (Å²) in [5, 5.41) is 14.0. The molecule has 0 fully saturated rings. The molecule has 2 aromatic heterocycles. The van der Waals surface area contributed by atoms with E-state index in [1.165, 1.54) is 6.33 Å². The van der Waals surface area contributed by atoms with Gasteiger partial charge in [-0.05, 0) is 30.7 Å². The number of aromatic carboxylic acids is 1. The fraction of sp³-hybridized carbons (Fsp3) is 0.0714. The van der Waals surface area contributed by atoms with Crippen LogP contribution in [-0.4, -0.2) is 21.0 Å². The van der Waals surface area contributed by atoms with Crippen molar-refractivity contribution in [3.8, 4) is 0 Å². The Hall–Kier alpha value is -1.89. The summed E-state index contributed by atoms with van der Waals surface area (Å²) in [6.45, 7) is 1.73. The molecule has 3 aromatic rings. The van der Waals surface area contributed by atoms with Gasteiger partial charge in [-0.15, -0.1) is 11.3 Å². The molecule has 2 N–H and O–H groups in total. The Kier molecular flexibility index (Phi) is 3.90. The molecule has 8 heteroatoms. The van der Waals surface area contributed by atoms with Crippen molar-refractivity contribution in [1.82, 2.24) is 9.97 Å². The molecule has 0 amide bonds. The van der Waals surface area contributed by atoms with Crippen LogP contribution >= 0.6 is 34.5 Å². The van der Waals surface area contributed by atoms with Crippen LogP contribution in [0.15, 0.2) is 24.5 Å². The third kappa shape index (κ3) is 2.61. The lowest BCUT2D eigenvalue weighted by atomic mass is 10.2. The molecule has 0 spiro atoms. The molecule has 0 atom stereocenters. The number of carboxylic acid groups (broad SMARTS) is 1. The summed E-state index contributed by atoms with van der Waals surface area (Å²) >= 11 is 13.2. The van der Waals surface area contributed by atoms with Gasteiger partial charge >= 0.3 is 5.97 Å². The Morgan fingerprint density at radius 3 is 2.82 bits per heavy atom. The molecular formula is C14H9Cl2N3O2S. The smallest absolute Gasteiger partial charge is 0.346 e. The van der Waals surface area contributed by atoms with E-state index < -0.39 is 5.97 Å². The molecule has 112 valence electrons. The zero-order chi connectivity index (χ0) is 15.9. The lowest BCUT2D eigenvalue weighted by Crippen LogP contribution is -1.97. The number of anilines is 2. The van der Waals surface area contributed by atoms with E-state index in [-0.39, 0.29) is 4.88 Å². The quantitative estimate of drug-likeness (QED) is 0.710. The van der Waals surface area contributed by atoms with Gasteiger partial charge in [-0.1, -0.05) is 23.2 Å². The van der Waals surface area contributed by atoms with Crippen molar-refractivity contribution in [2.24, 2.45) is 0 Å². The predicted octanol–water partition coefficient (Wildman–Crippen LogP) is 4.75. The number of nitrogens with zero attached hydrogens (tertiary/aromatic N) is 2. The van der Waals surface area contributed by atoms with Crippen LogP contribution in [-0.2, 0) is 0 Å². The number of thiophene rings is 1. The summed E-state index contributed by atoms with van der Waals surface area (Å²) in [5.41, 5.74) is 1.21. The van der Waals surface area contributed by atoms with Gasteiger partial charge in [0.05, 0.1) is 16.1 Å². The van der Waals surface area contributed by atoms with Crippen LogP contribution < -0.4 is 5.32 Å². The fourth-order valence-corrected chi connectivity index (χ4v) is 3.42. The number of hydrogen-bond donors (Lipinski definition) is 2. The molecule has 0 aliphatic rings. The molecule has 0 saturated heterocycles. The summed E-state index contributed by atoms with van der Waals surface area (Å²) in [7, 11) is 0. The summed E-state index contributed by atoms with van der Waals surface area (Å²) in [4.78, 5) is 20.4. The van der Waals surface area contributed by atoms with Gasteiger partial charge in [-0.3, -0.25) is 0 Å². The molecule has 5 nitrogen and oxygen atoms in total. The third-order valence-corrected chi connectivity index (χ3v) is 4.86. The van der Waals surface area contributed by atoms with Crippen molar-refractivity contribution in [2.75, 3.05) is 5.32 Å².